The summed E-state index contributed by atoms with van der Waals surface area (Å²) in [5.74, 6) is -0.991. The normalized spacial score (nSPS) is 18.5. The van der Waals surface area contributed by atoms with Gasteiger partial charge in [0.15, 0.2) is 11.6 Å². The first-order valence-electron chi connectivity index (χ1n) is 15.3. The van der Waals surface area contributed by atoms with Crippen molar-refractivity contribution in [3.8, 4) is 5.88 Å². The molecule has 0 radical (unpaired) electrons. The fourth-order valence-electron chi connectivity index (χ4n) is 6.57. The molecule has 2 saturated heterocycles. The standard InChI is InChI=1S/C32H41F2N5O2/c1-40-32-22(21-41-19-18-38-14-5-6-15-38)20-27-31(37-32)30(24-8-3-2-4-10-26(24)36-27)35-23-12-16-39(17-13-23)28-11-7-9-25(33)29(28)34/h7,9,11,20,23H,2-6,8,10,12-19,21H2,1H3,(H,35,36). The Kier molecular flexibility index (Phi) is 8.81. The van der Waals surface area contributed by atoms with E-state index in [-0.39, 0.29) is 6.04 Å². The Morgan fingerprint density at radius 1 is 0.976 bits per heavy atom. The molecule has 3 aromatic rings. The first kappa shape index (κ1) is 28.1. The minimum absolute atomic E-state index is 0.196. The molecule has 0 amide bonds. The van der Waals surface area contributed by atoms with Gasteiger partial charge in [-0.3, -0.25) is 4.98 Å². The number of anilines is 2. The molecule has 0 saturated carbocycles. The van der Waals surface area contributed by atoms with E-state index >= 15 is 0 Å². The number of methoxy groups -OCH3 is 1. The number of fused-ring (bicyclic) bond motifs is 2. The number of aryl methyl sites for hydroxylation is 1. The third-order valence-electron chi connectivity index (χ3n) is 8.84. The topological polar surface area (TPSA) is 62.8 Å². The van der Waals surface area contributed by atoms with Crippen LogP contribution in [0.4, 0.5) is 20.2 Å². The Labute approximate surface area is 241 Å². The van der Waals surface area contributed by atoms with Crippen molar-refractivity contribution in [3.05, 3.63) is 52.7 Å². The first-order chi connectivity index (χ1) is 20.1. The maximum Gasteiger partial charge on any atom is 0.219 e. The van der Waals surface area contributed by atoms with E-state index in [2.05, 4.69) is 16.3 Å². The largest absolute Gasteiger partial charge is 0.481 e. The third-order valence-corrected chi connectivity index (χ3v) is 8.84. The molecule has 2 aliphatic heterocycles. The predicted molar refractivity (Wildman–Crippen MR) is 158 cm³/mol. The number of rotatable bonds is 9. The number of likely N-dealkylation sites (tertiary alicyclic amines) is 1. The Hall–Kier alpha value is -3.04. The molecule has 0 spiro atoms. The van der Waals surface area contributed by atoms with Gasteiger partial charge >= 0.3 is 0 Å². The van der Waals surface area contributed by atoms with Crippen molar-refractivity contribution in [2.45, 2.75) is 70.4 Å². The Morgan fingerprint density at radius 3 is 2.59 bits per heavy atom. The lowest BCUT2D eigenvalue weighted by molar-refractivity contribution is 0.0975. The lowest BCUT2D eigenvalue weighted by atomic mass is 10.00. The van der Waals surface area contributed by atoms with E-state index in [9.17, 15) is 8.78 Å². The van der Waals surface area contributed by atoms with Crippen LogP contribution in [0, 0.1) is 11.6 Å². The second-order valence-corrected chi connectivity index (χ2v) is 11.6. The lowest BCUT2D eigenvalue weighted by Gasteiger charge is -2.35. The number of ether oxygens (including phenoxy) is 2. The van der Waals surface area contributed by atoms with E-state index in [1.54, 1.807) is 19.2 Å². The molecule has 1 aromatic carbocycles. The molecule has 9 heteroatoms. The van der Waals surface area contributed by atoms with E-state index in [1.165, 1.54) is 30.9 Å². The zero-order chi connectivity index (χ0) is 28.2. The molecule has 41 heavy (non-hydrogen) atoms. The Balaban J connectivity index is 1.23. The average Bonchev–Trinajstić information content (AvgIpc) is 3.40. The molecule has 1 N–H and O–H groups in total. The van der Waals surface area contributed by atoms with Gasteiger partial charge in [0.25, 0.3) is 0 Å². The van der Waals surface area contributed by atoms with E-state index in [0.29, 0.717) is 37.9 Å². The van der Waals surface area contributed by atoms with Crippen molar-refractivity contribution in [3.63, 3.8) is 0 Å². The molecule has 1 aliphatic carbocycles. The lowest BCUT2D eigenvalue weighted by Crippen LogP contribution is -2.39. The highest BCUT2D eigenvalue weighted by Gasteiger charge is 2.26. The van der Waals surface area contributed by atoms with Gasteiger partial charge in [-0.1, -0.05) is 12.5 Å². The van der Waals surface area contributed by atoms with Gasteiger partial charge in [-0.2, -0.15) is 0 Å². The van der Waals surface area contributed by atoms with E-state index in [1.807, 2.05) is 4.90 Å². The summed E-state index contributed by atoms with van der Waals surface area (Å²) in [4.78, 5) is 14.5. The van der Waals surface area contributed by atoms with Gasteiger partial charge in [0, 0.05) is 36.9 Å². The Morgan fingerprint density at radius 2 is 1.78 bits per heavy atom. The van der Waals surface area contributed by atoms with Crippen LogP contribution in [0.5, 0.6) is 5.88 Å². The van der Waals surface area contributed by atoms with Gasteiger partial charge in [0.1, 0.15) is 5.52 Å². The fourth-order valence-corrected chi connectivity index (χ4v) is 6.57. The number of nitrogens with one attached hydrogen (secondary N) is 1. The highest BCUT2D eigenvalue weighted by molar-refractivity contribution is 5.91. The van der Waals surface area contributed by atoms with Crippen LogP contribution in [0.25, 0.3) is 11.0 Å². The number of piperidine rings is 1. The summed E-state index contributed by atoms with van der Waals surface area (Å²) in [5.41, 5.74) is 6.44. The van der Waals surface area contributed by atoms with Crippen molar-refractivity contribution in [1.29, 1.82) is 0 Å². The molecule has 0 bridgehead atoms. The van der Waals surface area contributed by atoms with Crippen LogP contribution in [-0.4, -0.2) is 67.4 Å². The van der Waals surface area contributed by atoms with Crippen LogP contribution < -0.4 is 15.0 Å². The van der Waals surface area contributed by atoms with E-state index in [0.717, 1.165) is 86.1 Å². The number of hydrogen-bond acceptors (Lipinski definition) is 7. The molecule has 2 aromatic heterocycles. The molecule has 0 atom stereocenters. The van der Waals surface area contributed by atoms with Crippen molar-refractivity contribution in [2.24, 2.45) is 0 Å². The third kappa shape index (κ3) is 6.26. The van der Waals surface area contributed by atoms with Crippen molar-refractivity contribution < 1.29 is 18.3 Å². The number of benzene rings is 1. The zero-order valence-electron chi connectivity index (χ0n) is 24.1. The van der Waals surface area contributed by atoms with Crippen LogP contribution in [0.3, 0.4) is 0 Å². The van der Waals surface area contributed by atoms with Gasteiger partial charge in [-0.15, -0.1) is 0 Å². The SMILES string of the molecule is COc1nc2c(NC3CCN(c4cccc(F)c4F)CC3)c3c(nc2cc1COCCN1CCCC1)CCCCC3. The van der Waals surface area contributed by atoms with Crippen LogP contribution in [0.2, 0.25) is 0 Å². The minimum Gasteiger partial charge on any atom is -0.481 e. The van der Waals surface area contributed by atoms with E-state index < -0.39 is 11.6 Å². The maximum atomic E-state index is 14.4. The molecule has 4 heterocycles. The van der Waals surface area contributed by atoms with Crippen LogP contribution in [0.15, 0.2) is 24.3 Å². The van der Waals surface area contributed by atoms with Gasteiger partial charge < -0.3 is 24.6 Å². The molecule has 220 valence electrons. The molecular formula is C32H41F2N5O2. The number of pyridine rings is 2. The van der Waals surface area contributed by atoms with Crippen LogP contribution >= 0.6 is 0 Å². The first-order valence-corrected chi connectivity index (χ1v) is 15.3. The zero-order valence-corrected chi connectivity index (χ0v) is 24.1. The molecule has 0 unspecified atom stereocenters. The molecule has 2 fully saturated rings. The van der Waals surface area contributed by atoms with Crippen LogP contribution in [-0.2, 0) is 24.2 Å². The average molecular weight is 566 g/mol. The summed E-state index contributed by atoms with van der Waals surface area (Å²) in [7, 11) is 1.66. The summed E-state index contributed by atoms with van der Waals surface area (Å²) >= 11 is 0. The number of hydrogen-bond donors (Lipinski definition) is 1. The summed E-state index contributed by atoms with van der Waals surface area (Å²) in [6.07, 6.45) is 9.58. The number of aromatic nitrogens is 2. The summed E-state index contributed by atoms with van der Waals surface area (Å²) in [6, 6.07) is 6.68. The second kappa shape index (κ2) is 12.9. The Bertz CT molecular complexity index is 1360. The molecule has 7 nitrogen and oxygen atoms in total. The van der Waals surface area contributed by atoms with Gasteiger partial charge in [-0.05, 0) is 88.2 Å². The van der Waals surface area contributed by atoms with Gasteiger partial charge in [0.05, 0.1) is 37.2 Å². The maximum absolute atomic E-state index is 14.4. The monoisotopic (exact) mass is 565 g/mol. The highest BCUT2D eigenvalue weighted by Crippen LogP contribution is 2.36. The van der Waals surface area contributed by atoms with Crippen molar-refractivity contribution in [1.82, 2.24) is 14.9 Å². The van der Waals surface area contributed by atoms with Gasteiger partial charge in [-0.25, -0.2) is 13.8 Å². The number of nitrogens with zero attached hydrogens (tertiary/aromatic N) is 4. The predicted octanol–water partition coefficient (Wildman–Crippen LogP) is 5.88. The quantitative estimate of drug-likeness (QED) is 0.257. The molecule has 3 aliphatic rings. The summed E-state index contributed by atoms with van der Waals surface area (Å²) in [6.45, 7) is 5.71. The fraction of sp³-hybridized carbons (Fsp3) is 0.562. The summed E-state index contributed by atoms with van der Waals surface area (Å²) < 4.78 is 40.1. The highest BCUT2D eigenvalue weighted by atomic mass is 19.2. The van der Waals surface area contributed by atoms with Crippen molar-refractivity contribution >= 4 is 22.4 Å². The minimum atomic E-state index is -0.801. The van der Waals surface area contributed by atoms with Crippen molar-refractivity contribution in [2.75, 3.05) is 56.7 Å². The van der Waals surface area contributed by atoms with Gasteiger partial charge in [0.2, 0.25) is 5.88 Å². The second-order valence-electron chi connectivity index (χ2n) is 11.6. The molecule has 6 rings (SSSR count). The number of halogens is 2. The summed E-state index contributed by atoms with van der Waals surface area (Å²) in [5, 5.41) is 3.84. The molecular weight excluding hydrogens is 524 g/mol. The smallest absolute Gasteiger partial charge is 0.219 e. The van der Waals surface area contributed by atoms with E-state index in [4.69, 9.17) is 19.4 Å². The van der Waals surface area contributed by atoms with Crippen LogP contribution in [0.1, 0.15) is 61.8 Å².